The molecule has 0 unspecified atom stereocenters. The fraction of sp³-hybridized carbons (Fsp3) is 0.625. The third-order valence-electron chi connectivity index (χ3n) is 3.86. The predicted molar refractivity (Wildman–Crippen MR) is 76.1 cm³/mol. The van der Waals surface area contributed by atoms with Crippen molar-refractivity contribution < 1.29 is 9.13 Å². The van der Waals surface area contributed by atoms with E-state index in [1.54, 1.807) is 12.1 Å². The molecule has 0 radical (unpaired) electrons. The zero-order chi connectivity index (χ0) is 13.7. The molecule has 1 saturated carbocycles. The van der Waals surface area contributed by atoms with Gasteiger partial charge in [0.25, 0.3) is 0 Å². The Hall–Kier alpha value is -1.09. The van der Waals surface area contributed by atoms with Crippen LogP contribution in [0.3, 0.4) is 0 Å². The van der Waals surface area contributed by atoms with Crippen LogP contribution in [-0.4, -0.2) is 18.7 Å². The molecular formula is C16H24FNO. The number of halogens is 1. The number of ether oxygens (including phenoxy) is 1. The van der Waals surface area contributed by atoms with E-state index in [2.05, 4.69) is 12.2 Å². The molecule has 19 heavy (non-hydrogen) atoms. The highest BCUT2D eigenvalue weighted by Crippen LogP contribution is 2.40. The largest absolute Gasteiger partial charge is 0.484 e. The van der Waals surface area contributed by atoms with Crippen LogP contribution in [-0.2, 0) is 0 Å². The van der Waals surface area contributed by atoms with Gasteiger partial charge < -0.3 is 10.1 Å². The summed E-state index contributed by atoms with van der Waals surface area (Å²) in [6.07, 6.45) is 5.35. The number of aryl methyl sites for hydroxylation is 1. The maximum absolute atomic E-state index is 13.8. The number of hydrogen-bond acceptors (Lipinski definition) is 2. The highest BCUT2D eigenvalue weighted by molar-refractivity contribution is 5.30. The van der Waals surface area contributed by atoms with Crippen LogP contribution < -0.4 is 10.1 Å². The van der Waals surface area contributed by atoms with Gasteiger partial charge in [-0.3, -0.25) is 0 Å². The molecule has 3 heteroatoms. The minimum atomic E-state index is -0.251. The lowest BCUT2D eigenvalue weighted by Gasteiger charge is -2.42. The molecule has 1 N–H and O–H groups in total. The van der Waals surface area contributed by atoms with E-state index in [9.17, 15) is 4.39 Å². The molecule has 0 atom stereocenters. The van der Waals surface area contributed by atoms with E-state index < -0.39 is 0 Å². The SMILES string of the molecule is CCCNCCC1(Oc2cc(C)ccc2F)CCC1. The molecule has 0 saturated heterocycles. The van der Waals surface area contributed by atoms with Crippen molar-refractivity contribution in [1.29, 1.82) is 0 Å². The Balaban J connectivity index is 1.96. The molecule has 1 aliphatic carbocycles. The Morgan fingerprint density at radius 2 is 2.11 bits per heavy atom. The zero-order valence-corrected chi connectivity index (χ0v) is 12.0. The summed E-state index contributed by atoms with van der Waals surface area (Å²) in [6, 6.07) is 5.07. The van der Waals surface area contributed by atoms with Crippen molar-refractivity contribution in [1.82, 2.24) is 5.32 Å². The summed E-state index contributed by atoms with van der Waals surface area (Å²) >= 11 is 0. The van der Waals surface area contributed by atoms with Gasteiger partial charge in [-0.05, 0) is 69.8 Å². The molecule has 106 valence electrons. The molecule has 0 heterocycles. The Labute approximate surface area is 115 Å². The van der Waals surface area contributed by atoms with E-state index in [0.717, 1.165) is 44.3 Å². The smallest absolute Gasteiger partial charge is 0.165 e. The lowest BCUT2D eigenvalue weighted by molar-refractivity contribution is -0.0171. The fourth-order valence-electron chi connectivity index (χ4n) is 2.51. The average molecular weight is 265 g/mol. The van der Waals surface area contributed by atoms with E-state index in [0.29, 0.717) is 5.75 Å². The summed E-state index contributed by atoms with van der Waals surface area (Å²) in [5.41, 5.74) is 0.894. The van der Waals surface area contributed by atoms with Crippen molar-refractivity contribution in [3.05, 3.63) is 29.6 Å². The van der Waals surface area contributed by atoms with Gasteiger partial charge in [0.2, 0.25) is 0 Å². The molecule has 2 nitrogen and oxygen atoms in total. The van der Waals surface area contributed by atoms with Crippen molar-refractivity contribution in [3.8, 4) is 5.75 Å². The van der Waals surface area contributed by atoms with Gasteiger partial charge in [-0.1, -0.05) is 13.0 Å². The minimum absolute atomic E-state index is 0.143. The molecule has 2 rings (SSSR count). The minimum Gasteiger partial charge on any atom is -0.484 e. The summed E-state index contributed by atoms with van der Waals surface area (Å²) in [5, 5.41) is 3.40. The monoisotopic (exact) mass is 265 g/mol. The second-order valence-electron chi connectivity index (χ2n) is 5.57. The topological polar surface area (TPSA) is 21.3 Å². The number of hydrogen-bond donors (Lipinski definition) is 1. The fourth-order valence-corrected chi connectivity index (χ4v) is 2.51. The van der Waals surface area contributed by atoms with Gasteiger partial charge in [0, 0.05) is 0 Å². The first-order valence-corrected chi connectivity index (χ1v) is 7.31. The van der Waals surface area contributed by atoms with E-state index in [1.165, 1.54) is 12.5 Å². The van der Waals surface area contributed by atoms with Gasteiger partial charge in [-0.25, -0.2) is 4.39 Å². The Morgan fingerprint density at radius 3 is 2.74 bits per heavy atom. The third kappa shape index (κ3) is 3.69. The van der Waals surface area contributed by atoms with Crippen LogP contribution in [0.1, 0.15) is 44.6 Å². The Morgan fingerprint density at radius 1 is 1.32 bits per heavy atom. The average Bonchev–Trinajstić information content (AvgIpc) is 2.35. The summed E-state index contributed by atoms with van der Waals surface area (Å²) < 4.78 is 19.8. The van der Waals surface area contributed by atoms with Crippen LogP contribution >= 0.6 is 0 Å². The van der Waals surface area contributed by atoms with E-state index in [1.807, 2.05) is 6.92 Å². The first kappa shape index (κ1) is 14.3. The maximum Gasteiger partial charge on any atom is 0.165 e. The van der Waals surface area contributed by atoms with Crippen molar-refractivity contribution in [2.45, 2.75) is 51.6 Å². The molecule has 0 spiro atoms. The number of rotatable bonds is 7. The van der Waals surface area contributed by atoms with Crippen LogP contribution in [0.15, 0.2) is 18.2 Å². The molecule has 0 aromatic heterocycles. The summed E-state index contributed by atoms with van der Waals surface area (Å²) in [7, 11) is 0. The lowest BCUT2D eigenvalue weighted by atomic mass is 9.77. The molecule has 1 fully saturated rings. The molecule has 0 aliphatic heterocycles. The van der Waals surface area contributed by atoms with Crippen LogP contribution in [0.25, 0.3) is 0 Å². The normalized spacial score (nSPS) is 17.0. The van der Waals surface area contributed by atoms with Crippen molar-refractivity contribution >= 4 is 0 Å². The van der Waals surface area contributed by atoms with Gasteiger partial charge in [-0.2, -0.15) is 0 Å². The Kier molecular flexibility index (Phi) is 4.81. The van der Waals surface area contributed by atoms with Crippen molar-refractivity contribution in [2.75, 3.05) is 13.1 Å². The second-order valence-corrected chi connectivity index (χ2v) is 5.57. The first-order chi connectivity index (χ1) is 9.15. The van der Waals surface area contributed by atoms with Crippen LogP contribution in [0.5, 0.6) is 5.75 Å². The number of benzene rings is 1. The lowest BCUT2D eigenvalue weighted by Crippen LogP contribution is -2.45. The van der Waals surface area contributed by atoms with Gasteiger partial charge in [0.1, 0.15) is 5.60 Å². The summed E-state index contributed by atoms with van der Waals surface area (Å²) in [5.74, 6) is 0.161. The third-order valence-corrected chi connectivity index (χ3v) is 3.86. The Bertz CT molecular complexity index is 415. The standard InChI is InChI=1S/C16H24FNO/c1-3-10-18-11-9-16(7-4-8-16)19-15-12-13(2)5-6-14(15)17/h5-6,12,18H,3-4,7-11H2,1-2H3. The first-order valence-electron chi connectivity index (χ1n) is 7.31. The predicted octanol–water partition coefficient (Wildman–Crippen LogP) is 3.83. The van der Waals surface area contributed by atoms with Gasteiger partial charge >= 0.3 is 0 Å². The summed E-state index contributed by atoms with van der Waals surface area (Å²) in [4.78, 5) is 0. The van der Waals surface area contributed by atoms with E-state index in [-0.39, 0.29) is 11.4 Å². The van der Waals surface area contributed by atoms with Crippen molar-refractivity contribution in [3.63, 3.8) is 0 Å². The van der Waals surface area contributed by atoms with Gasteiger partial charge in [-0.15, -0.1) is 0 Å². The van der Waals surface area contributed by atoms with Crippen LogP contribution in [0.2, 0.25) is 0 Å². The summed E-state index contributed by atoms with van der Waals surface area (Å²) in [6.45, 7) is 6.10. The maximum atomic E-state index is 13.8. The quantitative estimate of drug-likeness (QED) is 0.757. The van der Waals surface area contributed by atoms with E-state index in [4.69, 9.17) is 4.74 Å². The highest BCUT2D eigenvalue weighted by atomic mass is 19.1. The molecule has 1 aromatic rings. The second kappa shape index (κ2) is 6.38. The van der Waals surface area contributed by atoms with E-state index >= 15 is 0 Å². The van der Waals surface area contributed by atoms with Crippen molar-refractivity contribution in [2.24, 2.45) is 0 Å². The van der Waals surface area contributed by atoms with Crippen LogP contribution in [0.4, 0.5) is 4.39 Å². The molecule has 1 aliphatic rings. The molecule has 0 amide bonds. The van der Waals surface area contributed by atoms with Gasteiger partial charge in [0.05, 0.1) is 0 Å². The molecule has 1 aromatic carbocycles. The zero-order valence-electron chi connectivity index (χ0n) is 12.0. The number of nitrogens with one attached hydrogen (secondary N) is 1. The van der Waals surface area contributed by atoms with Gasteiger partial charge in [0.15, 0.2) is 11.6 Å². The molecular weight excluding hydrogens is 241 g/mol. The highest BCUT2D eigenvalue weighted by Gasteiger charge is 2.39. The molecule has 0 bridgehead atoms. The van der Waals surface area contributed by atoms with Crippen LogP contribution in [0, 0.1) is 12.7 Å².